The van der Waals surface area contributed by atoms with E-state index in [2.05, 4.69) is 193 Å². The molecular weight excluding hydrogens is 627 g/mol. The topological polar surface area (TPSA) is 3.24 Å². The van der Waals surface area contributed by atoms with E-state index in [4.69, 9.17) is 0 Å². The molecule has 52 heavy (non-hydrogen) atoms. The zero-order valence-electron chi connectivity index (χ0n) is 28.3. The molecule has 0 saturated carbocycles. The van der Waals surface area contributed by atoms with Crippen molar-refractivity contribution in [3.05, 3.63) is 210 Å². The minimum atomic E-state index is -0.332. The molecule has 1 heteroatoms. The van der Waals surface area contributed by atoms with E-state index in [1.807, 2.05) is 0 Å². The lowest BCUT2D eigenvalue weighted by atomic mass is 9.73. The van der Waals surface area contributed by atoms with E-state index in [9.17, 15) is 0 Å². The Bertz CT molecular complexity index is 2950. The summed E-state index contributed by atoms with van der Waals surface area (Å²) >= 11 is 0. The van der Waals surface area contributed by atoms with Crippen LogP contribution in [0.5, 0.6) is 0 Å². The SMILES string of the molecule is c1cc(-c2ccc3ccccc3c2)cc(N(c2ccc3c(c2)C24c5ccccc5-c5cccc(c52)-c2cccc-3c24)c2ccc3ccccc3c2)c1. The van der Waals surface area contributed by atoms with Crippen molar-refractivity contribution < 1.29 is 0 Å². The average Bonchev–Trinajstić information content (AvgIpc) is 3.80. The largest absolute Gasteiger partial charge is 0.310 e. The van der Waals surface area contributed by atoms with Gasteiger partial charge in [0.05, 0.1) is 5.41 Å². The van der Waals surface area contributed by atoms with E-state index in [1.165, 1.54) is 88.3 Å². The summed E-state index contributed by atoms with van der Waals surface area (Å²) in [6.07, 6.45) is 0. The van der Waals surface area contributed by atoms with Crippen LogP contribution < -0.4 is 4.90 Å². The summed E-state index contributed by atoms with van der Waals surface area (Å²) in [5.74, 6) is 0. The number of rotatable bonds is 4. The molecule has 0 saturated heterocycles. The molecule has 1 spiro atoms. The average molecular weight is 658 g/mol. The summed E-state index contributed by atoms with van der Waals surface area (Å²) in [7, 11) is 0. The second kappa shape index (κ2) is 10.2. The van der Waals surface area contributed by atoms with Gasteiger partial charge in [0.25, 0.3) is 0 Å². The van der Waals surface area contributed by atoms with Gasteiger partial charge in [-0.05, 0) is 131 Å². The summed E-state index contributed by atoms with van der Waals surface area (Å²) in [5, 5.41) is 4.98. The number of anilines is 3. The highest BCUT2D eigenvalue weighted by atomic mass is 15.1. The summed E-state index contributed by atoms with van der Waals surface area (Å²) in [4.78, 5) is 2.46. The Balaban J connectivity index is 1.11. The maximum Gasteiger partial charge on any atom is 0.0738 e. The molecule has 3 aliphatic carbocycles. The highest BCUT2D eigenvalue weighted by molar-refractivity contribution is 6.06. The van der Waals surface area contributed by atoms with Gasteiger partial charge in [0.15, 0.2) is 0 Å². The molecule has 0 fully saturated rings. The van der Waals surface area contributed by atoms with Gasteiger partial charge in [-0.1, -0.05) is 146 Å². The van der Waals surface area contributed by atoms with E-state index in [-0.39, 0.29) is 5.41 Å². The van der Waals surface area contributed by atoms with Crippen LogP contribution in [0, 0.1) is 0 Å². The molecule has 240 valence electrons. The molecule has 0 aliphatic heterocycles. The molecule has 0 radical (unpaired) electrons. The first-order valence-corrected chi connectivity index (χ1v) is 18.2. The number of nitrogens with zero attached hydrogens (tertiary/aromatic N) is 1. The van der Waals surface area contributed by atoms with Crippen molar-refractivity contribution in [2.24, 2.45) is 0 Å². The number of fused-ring (bicyclic) bond motifs is 7. The van der Waals surface area contributed by atoms with Gasteiger partial charge in [-0.15, -0.1) is 0 Å². The Kier molecular flexibility index (Phi) is 5.49. The third kappa shape index (κ3) is 3.57. The van der Waals surface area contributed by atoms with Gasteiger partial charge < -0.3 is 4.90 Å². The third-order valence-electron chi connectivity index (χ3n) is 11.9. The van der Waals surface area contributed by atoms with Crippen molar-refractivity contribution in [3.8, 4) is 44.5 Å². The van der Waals surface area contributed by atoms with Crippen LogP contribution in [0.15, 0.2) is 188 Å². The van der Waals surface area contributed by atoms with Gasteiger partial charge in [-0.3, -0.25) is 0 Å². The molecule has 0 amide bonds. The van der Waals surface area contributed by atoms with Crippen molar-refractivity contribution >= 4 is 38.6 Å². The molecule has 0 N–H and O–H groups in total. The summed E-state index contributed by atoms with van der Waals surface area (Å²) < 4.78 is 0. The van der Waals surface area contributed by atoms with Crippen molar-refractivity contribution in [1.29, 1.82) is 0 Å². The predicted octanol–water partition coefficient (Wildman–Crippen LogP) is 13.5. The van der Waals surface area contributed by atoms with E-state index in [0.29, 0.717) is 0 Å². The van der Waals surface area contributed by atoms with Crippen LogP contribution in [0.3, 0.4) is 0 Å². The Hall–Kier alpha value is -6.70. The van der Waals surface area contributed by atoms with Crippen LogP contribution in [0.2, 0.25) is 0 Å². The summed E-state index contributed by atoms with van der Waals surface area (Å²) in [6, 6.07) is 70.1. The fourth-order valence-corrected chi connectivity index (χ4v) is 9.84. The van der Waals surface area contributed by atoms with Gasteiger partial charge in [-0.25, -0.2) is 0 Å². The lowest BCUT2D eigenvalue weighted by Gasteiger charge is -2.30. The van der Waals surface area contributed by atoms with Crippen LogP contribution in [-0.4, -0.2) is 0 Å². The second-order valence-corrected chi connectivity index (χ2v) is 14.5. The zero-order chi connectivity index (χ0) is 34.0. The second-order valence-electron chi connectivity index (χ2n) is 14.5. The minimum absolute atomic E-state index is 0.332. The first kappa shape index (κ1) is 28.0. The molecule has 1 nitrogen and oxygen atoms in total. The standard InChI is InChI=1S/C51H31N/c1-3-12-34-28-37(23-22-32(34)10-1)36-14-7-15-38(30-36)52(39-25-24-33-11-2-4-13-35(33)29-39)40-26-27-42-44-18-9-20-46-45-19-8-17-43-41-16-5-6-21-47(41)51(49(43)45,50(44)46)48(42)31-40/h1-31H. The molecule has 0 aromatic heterocycles. The van der Waals surface area contributed by atoms with Gasteiger partial charge in [0.1, 0.15) is 0 Å². The molecule has 1 atom stereocenters. The molecule has 3 aliphatic rings. The number of hydrogen-bond acceptors (Lipinski definition) is 1. The van der Waals surface area contributed by atoms with Crippen molar-refractivity contribution in [2.75, 3.05) is 4.90 Å². The van der Waals surface area contributed by atoms with Crippen LogP contribution in [0.4, 0.5) is 17.1 Å². The lowest BCUT2D eigenvalue weighted by molar-refractivity contribution is 0.818. The fraction of sp³-hybridized carbons (Fsp3) is 0.0196. The Morgan fingerprint density at radius 3 is 1.54 bits per heavy atom. The molecule has 12 rings (SSSR count). The monoisotopic (exact) mass is 657 g/mol. The highest BCUT2D eigenvalue weighted by Gasteiger charge is 2.57. The van der Waals surface area contributed by atoms with Crippen LogP contribution >= 0.6 is 0 Å². The Labute approximate surface area is 302 Å². The normalized spacial score (nSPS) is 15.4. The van der Waals surface area contributed by atoms with E-state index in [1.54, 1.807) is 0 Å². The van der Waals surface area contributed by atoms with Crippen molar-refractivity contribution in [1.82, 2.24) is 0 Å². The smallest absolute Gasteiger partial charge is 0.0738 e. The maximum atomic E-state index is 2.50. The van der Waals surface area contributed by atoms with E-state index >= 15 is 0 Å². The fourth-order valence-electron chi connectivity index (χ4n) is 9.84. The zero-order valence-corrected chi connectivity index (χ0v) is 28.3. The van der Waals surface area contributed by atoms with Gasteiger partial charge in [-0.2, -0.15) is 0 Å². The number of benzene rings is 9. The van der Waals surface area contributed by atoms with Crippen molar-refractivity contribution in [3.63, 3.8) is 0 Å². The van der Waals surface area contributed by atoms with E-state index < -0.39 is 0 Å². The van der Waals surface area contributed by atoms with Gasteiger partial charge in [0.2, 0.25) is 0 Å². The summed E-state index contributed by atoms with van der Waals surface area (Å²) in [6.45, 7) is 0. The molecule has 1 unspecified atom stereocenters. The number of hydrogen-bond donors (Lipinski definition) is 0. The first-order valence-electron chi connectivity index (χ1n) is 18.2. The first-order chi connectivity index (χ1) is 25.8. The van der Waals surface area contributed by atoms with Crippen LogP contribution in [-0.2, 0) is 5.41 Å². The van der Waals surface area contributed by atoms with Crippen LogP contribution in [0.1, 0.15) is 22.3 Å². The molecule has 9 aromatic rings. The molecule has 0 heterocycles. The van der Waals surface area contributed by atoms with Gasteiger partial charge in [0, 0.05) is 17.1 Å². The van der Waals surface area contributed by atoms with Crippen LogP contribution in [0.25, 0.3) is 66.1 Å². The van der Waals surface area contributed by atoms with Crippen molar-refractivity contribution in [2.45, 2.75) is 5.41 Å². The molecule has 0 bridgehead atoms. The highest BCUT2D eigenvalue weighted by Crippen LogP contribution is 2.70. The molecular formula is C51H31N. The predicted molar refractivity (Wildman–Crippen MR) is 217 cm³/mol. The Morgan fingerprint density at radius 2 is 0.788 bits per heavy atom. The quantitative estimate of drug-likeness (QED) is 0.182. The van der Waals surface area contributed by atoms with Gasteiger partial charge >= 0.3 is 0 Å². The third-order valence-corrected chi connectivity index (χ3v) is 11.9. The lowest BCUT2D eigenvalue weighted by Crippen LogP contribution is -2.23. The summed E-state index contributed by atoms with van der Waals surface area (Å²) in [5.41, 5.74) is 19.3. The minimum Gasteiger partial charge on any atom is -0.310 e. The maximum absolute atomic E-state index is 2.50. The van der Waals surface area contributed by atoms with E-state index in [0.717, 1.165) is 17.1 Å². The molecule has 9 aromatic carbocycles. The Morgan fingerprint density at radius 1 is 0.288 bits per heavy atom.